The van der Waals surface area contributed by atoms with Crippen LogP contribution in [0.4, 0.5) is 0 Å². The molecule has 2 heteroatoms. The lowest BCUT2D eigenvalue weighted by Gasteiger charge is -2.06. The average molecular weight is 290 g/mol. The largest absolute Gasteiger partial charge is 0.423 e. The molecule has 0 unspecified atom stereocenters. The molecule has 0 aliphatic heterocycles. The Morgan fingerprint density at radius 2 is 1.73 bits per heavy atom. The van der Waals surface area contributed by atoms with Crippen molar-refractivity contribution in [2.45, 2.75) is 6.92 Å². The van der Waals surface area contributed by atoms with E-state index in [2.05, 4.69) is 6.58 Å². The Morgan fingerprint density at radius 3 is 2.45 bits per heavy atom. The first-order chi connectivity index (χ1) is 10.7. The Kier molecular flexibility index (Phi) is 5.50. The van der Waals surface area contributed by atoms with Crippen molar-refractivity contribution in [3.05, 3.63) is 90.0 Å². The molecule has 2 aromatic carbocycles. The molecular formula is C20H18O2. The molecule has 22 heavy (non-hydrogen) atoms. The number of esters is 1. The van der Waals surface area contributed by atoms with Crippen LogP contribution in [0.2, 0.25) is 0 Å². The summed E-state index contributed by atoms with van der Waals surface area (Å²) < 4.78 is 5.39. The summed E-state index contributed by atoms with van der Waals surface area (Å²) in [5.41, 5.74) is 2.41. The average Bonchev–Trinajstić information content (AvgIpc) is 2.56. The highest BCUT2D eigenvalue weighted by atomic mass is 16.5. The topological polar surface area (TPSA) is 26.3 Å². The van der Waals surface area contributed by atoms with Crippen LogP contribution in [0.25, 0.3) is 12.2 Å². The molecule has 0 aromatic heterocycles. The minimum absolute atomic E-state index is 0.369. The minimum Gasteiger partial charge on any atom is -0.423 e. The smallest absolute Gasteiger partial charge is 0.339 e. The zero-order chi connectivity index (χ0) is 15.8. The Labute approximate surface area is 131 Å². The second-order valence-corrected chi connectivity index (χ2v) is 4.75. The van der Waals surface area contributed by atoms with Crippen LogP contribution < -0.4 is 4.74 Å². The van der Waals surface area contributed by atoms with E-state index in [1.807, 2.05) is 60.7 Å². The molecule has 0 atom stereocenters. The van der Waals surface area contributed by atoms with Gasteiger partial charge in [0.15, 0.2) is 0 Å². The van der Waals surface area contributed by atoms with Gasteiger partial charge in [-0.05, 0) is 18.6 Å². The van der Waals surface area contributed by atoms with Gasteiger partial charge < -0.3 is 4.74 Å². The van der Waals surface area contributed by atoms with E-state index in [4.69, 9.17) is 4.74 Å². The summed E-state index contributed by atoms with van der Waals surface area (Å²) in [6.45, 7) is 5.44. The second kappa shape index (κ2) is 7.79. The first kappa shape index (κ1) is 15.5. The number of ether oxygens (including phenoxy) is 1. The molecule has 0 heterocycles. The molecule has 0 amide bonds. The van der Waals surface area contributed by atoms with Crippen LogP contribution in [0, 0.1) is 0 Å². The number of carbonyl (C=O) groups excluding carboxylic acids is 1. The zero-order valence-electron chi connectivity index (χ0n) is 12.5. The molecule has 0 aliphatic carbocycles. The Balaban J connectivity index is 2.04. The first-order valence-corrected chi connectivity index (χ1v) is 7.04. The maximum absolute atomic E-state index is 12.1. The van der Waals surface area contributed by atoms with E-state index >= 15 is 0 Å². The molecule has 0 fully saturated rings. The van der Waals surface area contributed by atoms with Crippen molar-refractivity contribution in [1.29, 1.82) is 0 Å². The van der Waals surface area contributed by atoms with Crippen LogP contribution in [0.5, 0.6) is 5.75 Å². The molecule has 0 N–H and O–H groups in total. The van der Waals surface area contributed by atoms with Gasteiger partial charge in [0.25, 0.3) is 0 Å². The third kappa shape index (κ3) is 4.32. The van der Waals surface area contributed by atoms with Gasteiger partial charge in [-0.1, -0.05) is 79.4 Å². The predicted octanol–water partition coefficient (Wildman–Crippen LogP) is 4.89. The highest BCUT2D eigenvalue weighted by Gasteiger charge is 2.08. The van der Waals surface area contributed by atoms with E-state index < -0.39 is 0 Å². The molecular weight excluding hydrogens is 272 g/mol. The maximum atomic E-state index is 12.1. The molecule has 2 rings (SSSR count). The Hall–Kier alpha value is -2.87. The normalized spacial score (nSPS) is 11.4. The number of allylic oxidation sites excluding steroid dienone is 2. The molecule has 0 radical (unpaired) electrons. The highest BCUT2D eigenvalue weighted by Crippen LogP contribution is 2.20. The van der Waals surface area contributed by atoms with Gasteiger partial charge in [0.05, 0.1) is 0 Å². The lowest BCUT2D eigenvalue weighted by atomic mass is 10.2. The van der Waals surface area contributed by atoms with Crippen molar-refractivity contribution in [1.82, 2.24) is 0 Å². The summed E-state index contributed by atoms with van der Waals surface area (Å²) in [6.07, 6.45) is 7.18. The summed E-state index contributed by atoms with van der Waals surface area (Å²) in [7, 11) is 0. The zero-order valence-corrected chi connectivity index (χ0v) is 12.5. The van der Waals surface area contributed by atoms with Crippen molar-refractivity contribution in [2.24, 2.45) is 0 Å². The minimum atomic E-state index is -0.369. The summed E-state index contributed by atoms with van der Waals surface area (Å²) in [4.78, 5) is 12.1. The van der Waals surface area contributed by atoms with Crippen molar-refractivity contribution >= 4 is 18.1 Å². The molecule has 2 aromatic rings. The number of carbonyl (C=O) groups is 1. The van der Waals surface area contributed by atoms with E-state index in [0.29, 0.717) is 11.3 Å². The summed E-state index contributed by atoms with van der Waals surface area (Å²) in [5.74, 6) is 0.148. The fraction of sp³-hybridized carbons (Fsp3) is 0.0500. The van der Waals surface area contributed by atoms with Crippen molar-refractivity contribution < 1.29 is 9.53 Å². The molecule has 0 spiro atoms. The fourth-order valence-electron chi connectivity index (χ4n) is 1.86. The molecule has 2 nitrogen and oxygen atoms in total. The Bertz CT molecular complexity index is 709. The molecule has 0 aliphatic rings. The van der Waals surface area contributed by atoms with E-state index in [-0.39, 0.29) is 5.97 Å². The summed E-state index contributed by atoms with van der Waals surface area (Å²) in [6, 6.07) is 17.2. The summed E-state index contributed by atoms with van der Waals surface area (Å²) >= 11 is 0. The Morgan fingerprint density at radius 1 is 1.05 bits per heavy atom. The standard InChI is InChI=1S/C20H18O2/c1-3-18-14-7-8-15-19(18)22-20(21)16(2)10-9-13-17-11-5-4-6-12-17/h3-15H,1H2,2H3. The molecule has 0 saturated carbocycles. The van der Waals surface area contributed by atoms with E-state index in [1.165, 1.54) is 0 Å². The van der Waals surface area contributed by atoms with E-state index in [1.54, 1.807) is 25.1 Å². The van der Waals surface area contributed by atoms with Gasteiger partial charge in [0.1, 0.15) is 5.75 Å². The van der Waals surface area contributed by atoms with Crippen molar-refractivity contribution in [3.8, 4) is 5.75 Å². The highest BCUT2D eigenvalue weighted by molar-refractivity contribution is 5.90. The van der Waals surface area contributed by atoms with Crippen LogP contribution in [0.15, 0.2) is 78.9 Å². The lowest BCUT2D eigenvalue weighted by molar-refractivity contribution is -0.130. The monoisotopic (exact) mass is 290 g/mol. The third-order valence-corrected chi connectivity index (χ3v) is 3.10. The van der Waals surface area contributed by atoms with Crippen LogP contribution >= 0.6 is 0 Å². The molecule has 110 valence electrons. The van der Waals surface area contributed by atoms with Gasteiger partial charge in [-0.2, -0.15) is 0 Å². The van der Waals surface area contributed by atoms with Crippen LogP contribution in [-0.4, -0.2) is 5.97 Å². The third-order valence-electron chi connectivity index (χ3n) is 3.10. The van der Waals surface area contributed by atoms with Gasteiger partial charge in [0.2, 0.25) is 0 Å². The van der Waals surface area contributed by atoms with Gasteiger partial charge in [-0.15, -0.1) is 0 Å². The van der Waals surface area contributed by atoms with Crippen LogP contribution in [-0.2, 0) is 4.79 Å². The van der Waals surface area contributed by atoms with Crippen molar-refractivity contribution in [2.75, 3.05) is 0 Å². The molecule has 0 bridgehead atoms. The van der Waals surface area contributed by atoms with Gasteiger partial charge in [-0.25, -0.2) is 4.79 Å². The van der Waals surface area contributed by atoms with Crippen LogP contribution in [0.1, 0.15) is 18.1 Å². The number of hydrogen-bond donors (Lipinski definition) is 0. The van der Waals surface area contributed by atoms with Gasteiger partial charge in [0, 0.05) is 11.1 Å². The SMILES string of the molecule is C=Cc1ccccc1OC(=O)C(C)=CC=Cc1ccccc1. The van der Waals surface area contributed by atoms with Crippen LogP contribution in [0.3, 0.4) is 0 Å². The maximum Gasteiger partial charge on any atom is 0.339 e. The first-order valence-electron chi connectivity index (χ1n) is 7.04. The molecule has 0 saturated heterocycles. The number of hydrogen-bond acceptors (Lipinski definition) is 2. The fourth-order valence-corrected chi connectivity index (χ4v) is 1.86. The van der Waals surface area contributed by atoms with Crippen molar-refractivity contribution in [3.63, 3.8) is 0 Å². The quantitative estimate of drug-likeness (QED) is 0.339. The lowest BCUT2D eigenvalue weighted by Crippen LogP contribution is -2.09. The number of para-hydroxylation sites is 1. The summed E-state index contributed by atoms with van der Waals surface area (Å²) in [5, 5.41) is 0. The van der Waals surface area contributed by atoms with E-state index in [9.17, 15) is 4.79 Å². The number of rotatable bonds is 5. The van der Waals surface area contributed by atoms with Gasteiger partial charge in [-0.3, -0.25) is 0 Å². The number of benzene rings is 2. The second-order valence-electron chi connectivity index (χ2n) is 4.75. The predicted molar refractivity (Wildman–Crippen MR) is 91.4 cm³/mol. The van der Waals surface area contributed by atoms with E-state index in [0.717, 1.165) is 11.1 Å². The van der Waals surface area contributed by atoms with Gasteiger partial charge >= 0.3 is 5.97 Å².